The molecule has 0 saturated carbocycles. The molecular weight excluding hydrogens is 588 g/mol. The van der Waals surface area contributed by atoms with Crippen LogP contribution in [-0.2, 0) is 10.3 Å². The van der Waals surface area contributed by atoms with Crippen LogP contribution in [0.4, 0.5) is 0 Å². The van der Waals surface area contributed by atoms with E-state index < -0.39 is 14.8 Å². The Morgan fingerprint density at radius 1 is 0.839 bits per heavy atom. The third-order valence-electron chi connectivity index (χ3n) is 4.93. The van der Waals surface area contributed by atoms with Gasteiger partial charge in [-0.2, -0.15) is 0 Å². The van der Waals surface area contributed by atoms with E-state index in [9.17, 15) is 9.59 Å². The number of rotatable bonds is 8. The number of Topliss-reactive ketones (excluding diaryl/α,β-unsaturated/α-hetero) is 1. The van der Waals surface area contributed by atoms with E-state index in [4.69, 9.17) is 4.74 Å². The summed E-state index contributed by atoms with van der Waals surface area (Å²) in [6.07, 6.45) is 0.168. The third kappa shape index (κ3) is 5.73. The molecule has 1 atom stereocenters. The minimum absolute atomic E-state index is 0.151. The average molecular weight is 609 g/mol. The number of ether oxygens (including phenoxy) is 1. The van der Waals surface area contributed by atoms with Gasteiger partial charge in [0.25, 0.3) is 0 Å². The monoisotopic (exact) mass is 606 g/mol. The molecule has 0 amide bonds. The summed E-state index contributed by atoms with van der Waals surface area (Å²) in [4.78, 5) is 26.3. The lowest BCUT2D eigenvalue weighted by molar-refractivity contribution is -0.0136. The molecule has 1 unspecified atom stereocenters. The lowest BCUT2D eigenvalue weighted by Crippen LogP contribution is -2.42. The topological polar surface area (TPSA) is 43.4 Å². The van der Waals surface area contributed by atoms with Crippen molar-refractivity contribution in [2.45, 2.75) is 22.2 Å². The molecule has 3 aromatic rings. The van der Waals surface area contributed by atoms with Crippen LogP contribution in [0.15, 0.2) is 84.9 Å². The first-order valence-electron chi connectivity index (χ1n) is 9.67. The number of benzene rings is 3. The van der Waals surface area contributed by atoms with E-state index in [-0.39, 0.29) is 12.2 Å². The summed E-state index contributed by atoms with van der Waals surface area (Å²) >= 11 is 10.7. The Labute approximate surface area is 207 Å². The maximum Gasteiger partial charge on any atom is 0.339 e. The third-order valence-corrected chi connectivity index (χ3v) is 7.12. The summed E-state index contributed by atoms with van der Waals surface area (Å²) in [5.41, 5.74) is 1.74. The van der Waals surface area contributed by atoms with Crippen LogP contribution >= 0.6 is 47.8 Å². The fourth-order valence-electron chi connectivity index (χ4n) is 3.33. The molecule has 0 saturated heterocycles. The average Bonchev–Trinajstić information content (AvgIpc) is 2.79. The van der Waals surface area contributed by atoms with Crippen molar-refractivity contribution < 1.29 is 14.3 Å². The lowest BCUT2D eigenvalue weighted by Gasteiger charge is -2.37. The van der Waals surface area contributed by atoms with Gasteiger partial charge >= 0.3 is 5.97 Å². The Bertz CT molecular complexity index is 1050. The van der Waals surface area contributed by atoms with Gasteiger partial charge in [0.1, 0.15) is 8.83 Å². The minimum Gasteiger partial charge on any atom is -0.450 e. The molecule has 0 aliphatic heterocycles. The van der Waals surface area contributed by atoms with E-state index in [1.165, 1.54) is 0 Å². The molecule has 3 rings (SSSR count). The summed E-state index contributed by atoms with van der Waals surface area (Å²) in [6, 6.07) is 25.6. The summed E-state index contributed by atoms with van der Waals surface area (Å²) in [7, 11) is 0. The highest BCUT2D eigenvalue weighted by molar-refractivity contribution is 9.26. The van der Waals surface area contributed by atoms with Crippen molar-refractivity contribution in [2.75, 3.05) is 5.33 Å². The Hall–Kier alpha value is -1.76. The van der Waals surface area contributed by atoms with E-state index in [2.05, 4.69) is 47.8 Å². The van der Waals surface area contributed by atoms with Gasteiger partial charge in [0.05, 0.1) is 5.56 Å². The zero-order valence-corrected chi connectivity index (χ0v) is 21.6. The number of aryl methyl sites for hydroxylation is 1. The molecular formula is C25H21Br3O3. The first kappa shape index (κ1) is 23.9. The van der Waals surface area contributed by atoms with Crippen LogP contribution in [0.25, 0.3) is 0 Å². The molecule has 6 heteroatoms. The van der Waals surface area contributed by atoms with E-state index in [0.717, 1.165) is 11.1 Å². The molecule has 0 radical (unpaired) electrons. The highest BCUT2D eigenvalue weighted by Crippen LogP contribution is 2.45. The van der Waals surface area contributed by atoms with Gasteiger partial charge in [0, 0.05) is 17.3 Å². The number of hydrogen-bond donors (Lipinski definition) is 0. The number of hydrogen-bond acceptors (Lipinski definition) is 3. The standard InChI is InChI=1S/C25H21Br3O3/c1-18-9-8-14-21(15-18)24(17-26,31-23(30)20-12-6-3-7-13-20)16-25(27,28)22(29)19-10-4-2-5-11-19/h2-15H,16-17H2,1H3. The Balaban J connectivity index is 2.02. The molecule has 0 aromatic heterocycles. The van der Waals surface area contributed by atoms with Crippen LogP contribution in [0.3, 0.4) is 0 Å². The Kier molecular flexibility index (Phi) is 7.89. The predicted molar refractivity (Wildman–Crippen MR) is 134 cm³/mol. The summed E-state index contributed by atoms with van der Waals surface area (Å²) in [5, 5.41) is 0.309. The van der Waals surface area contributed by atoms with Gasteiger partial charge in [-0.25, -0.2) is 4.79 Å². The second-order valence-corrected chi connectivity index (χ2v) is 11.7. The second-order valence-electron chi connectivity index (χ2n) is 7.33. The molecule has 160 valence electrons. The second kappa shape index (κ2) is 10.2. The zero-order chi connectivity index (χ0) is 22.5. The molecule has 3 nitrogen and oxygen atoms in total. The number of alkyl halides is 3. The van der Waals surface area contributed by atoms with E-state index in [1.807, 2.05) is 55.5 Å². The van der Waals surface area contributed by atoms with E-state index in [0.29, 0.717) is 16.5 Å². The summed E-state index contributed by atoms with van der Waals surface area (Å²) in [5.74, 6) is -0.605. The van der Waals surface area contributed by atoms with Crippen LogP contribution < -0.4 is 0 Å². The summed E-state index contributed by atoms with van der Waals surface area (Å²) in [6.45, 7) is 1.98. The fraction of sp³-hybridized carbons (Fsp3) is 0.200. The van der Waals surface area contributed by atoms with Crippen LogP contribution in [0.5, 0.6) is 0 Å². The molecule has 31 heavy (non-hydrogen) atoms. The molecule has 0 aliphatic carbocycles. The van der Waals surface area contributed by atoms with Crippen molar-refractivity contribution in [3.63, 3.8) is 0 Å². The Morgan fingerprint density at radius 3 is 1.97 bits per heavy atom. The van der Waals surface area contributed by atoms with Gasteiger partial charge < -0.3 is 4.74 Å². The first-order valence-corrected chi connectivity index (χ1v) is 12.4. The van der Waals surface area contributed by atoms with Crippen molar-refractivity contribution in [3.05, 3.63) is 107 Å². The van der Waals surface area contributed by atoms with Crippen LogP contribution in [0, 0.1) is 6.92 Å². The van der Waals surface area contributed by atoms with Crippen molar-refractivity contribution >= 4 is 59.5 Å². The smallest absolute Gasteiger partial charge is 0.339 e. The van der Waals surface area contributed by atoms with Crippen LogP contribution in [-0.4, -0.2) is 20.3 Å². The lowest BCUT2D eigenvalue weighted by atomic mass is 9.87. The van der Waals surface area contributed by atoms with Gasteiger partial charge in [-0.15, -0.1) is 0 Å². The van der Waals surface area contributed by atoms with E-state index in [1.54, 1.807) is 36.4 Å². The Morgan fingerprint density at radius 2 is 1.42 bits per heavy atom. The van der Waals surface area contributed by atoms with Crippen LogP contribution in [0.2, 0.25) is 0 Å². The van der Waals surface area contributed by atoms with Crippen LogP contribution in [0.1, 0.15) is 38.3 Å². The predicted octanol–water partition coefficient (Wildman–Crippen LogP) is 7.20. The first-order chi connectivity index (χ1) is 14.8. The highest BCUT2D eigenvalue weighted by Gasteiger charge is 2.46. The van der Waals surface area contributed by atoms with Crippen molar-refractivity contribution in [1.82, 2.24) is 0 Å². The maximum atomic E-state index is 13.3. The molecule has 0 N–H and O–H groups in total. The molecule has 0 aliphatic rings. The van der Waals surface area contributed by atoms with E-state index >= 15 is 0 Å². The van der Waals surface area contributed by atoms with Gasteiger partial charge in [-0.3, -0.25) is 4.79 Å². The number of esters is 1. The molecule has 0 bridgehead atoms. The number of carbonyl (C=O) groups excluding carboxylic acids is 2. The minimum atomic E-state index is -1.14. The molecule has 3 aromatic carbocycles. The van der Waals surface area contributed by atoms with Gasteiger partial charge in [-0.05, 0) is 24.6 Å². The number of halogens is 3. The van der Waals surface area contributed by atoms with Crippen molar-refractivity contribution in [3.8, 4) is 0 Å². The molecule has 0 fully saturated rings. The SMILES string of the molecule is Cc1cccc(C(CBr)(CC(Br)(Br)C(=O)c2ccccc2)OC(=O)c2ccccc2)c1. The zero-order valence-electron chi connectivity index (χ0n) is 16.9. The van der Waals surface area contributed by atoms with Crippen molar-refractivity contribution in [1.29, 1.82) is 0 Å². The quantitative estimate of drug-likeness (QED) is 0.154. The molecule has 0 heterocycles. The van der Waals surface area contributed by atoms with Gasteiger partial charge in [0.15, 0.2) is 5.78 Å². The highest BCUT2D eigenvalue weighted by atomic mass is 79.9. The maximum absolute atomic E-state index is 13.3. The largest absolute Gasteiger partial charge is 0.450 e. The molecule has 0 spiro atoms. The fourth-order valence-corrected chi connectivity index (χ4v) is 5.33. The van der Waals surface area contributed by atoms with Gasteiger partial charge in [-0.1, -0.05) is 126 Å². The normalized spacial score (nSPS) is 13.3. The summed E-state index contributed by atoms with van der Waals surface area (Å²) < 4.78 is 5.00. The number of carbonyl (C=O) groups is 2. The van der Waals surface area contributed by atoms with Gasteiger partial charge in [0.2, 0.25) is 0 Å². The van der Waals surface area contributed by atoms with Crippen molar-refractivity contribution in [2.24, 2.45) is 0 Å². The number of ketones is 1.